The van der Waals surface area contributed by atoms with Crippen LogP contribution in [0.4, 0.5) is 0 Å². The van der Waals surface area contributed by atoms with Crippen molar-refractivity contribution < 1.29 is 42.1 Å². The third kappa shape index (κ3) is 37.5. The van der Waals surface area contributed by atoms with Crippen molar-refractivity contribution in [3.8, 4) is 0 Å². The molecule has 0 saturated heterocycles. The van der Waals surface area contributed by atoms with Gasteiger partial charge >= 0.3 is 11.9 Å². The Balaban J connectivity index is 4.49. The quantitative estimate of drug-likeness (QED) is 0.0157. The van der Waals surface area contributed by atoms with Crippen molar-refractivity contribution in [2.45, 2.75) is 148 Å². The molecular weight excluding hydrogens is 677 g/mol. The highest BCUT2D eigenvalue weighted by molar-refractivity contribution is 7.45. The van der Waals surface area contributed by atoms with E-state index in [4.69, 9.17) is 18.5 Å². The number of esters is 2. The Morgan fingerprint density at radius 1 is 0.615 bits per heavy atom. The van der Waals surface area contributed by atoms with E-state index >= 15 is 0 Å². The number of rotatable bonds is 35. The van der Waals surface area contributed by atoms with Crippen LogP contribution in [0.2, 0.25) is 0 Å². The molecule has 2 atom stereocenters. The molecule has 0 aliphatic carbocycles. The van der Waals surface area contributed by atoms with Gasteiger partial charge in [0.25, 0.3) is 7.82 Å². The van der Waals surface area contributed by atoms with E-state index < -0.39 is 32.5 Å². The Morgan fingerprint density at radius 3 is 1.69 bits per heavy atom. The van der Waals surface area contributed by atoms with E-state index in [-0.39, 0.29) is 26.1 Å². The Morgan fingerprint density at radius 2 is 1.12 bits per heavy atom. The number of carbonyl (C=O) groups excluding carboxylic acids is 2. The predicted molar refractivity (Wildman–Crippen MR) is 213 cm³/mol. The van der Waals surface area contributed by atoms with Gasteiger partial charge in [-0.1, -0.05) is 132 Å². The first-order valence-electron chi connectivity index (χ1n) is 20.0. The van der Waals surface area contributed by atoms with Gasteiger partial charge in [0, 0.05) is 12.8 Å². The molecule has 0 bridgehead atoms. The highest BCUT2D eigenvalue weighted by Crippen LogP contribution is 2.38. The average molecular weight is 752 g/mol. The highest BCUT2D eigenvalue weighted by Gasteiger charge is 2.21. The fourth-order valence-electron chi connectivity index (χ4n) is 4.95. The fourth-order valence-corrected chi connectivity index (χ4v) is 5.68. The summed E-state index contributed by atoms with van der Waals surface area (Å²) in [6, 6.07) is 0. The lowest BCUT2D eigenvalue weighted by Gasteiger charge is -2.28. The molecule has 0 aromatic heterocycles. The summed E-state index contributed by atoms with van der Waals surface area (Å²) in [5.74, 6) is -0.879. The first-order chi connectivity index (χ1) is 25.0. The molecule has 0 saturated carbocycles. The molecule has 0 spiro atoms. The summed E-state index contributed by atoms with van der Waals surface area (Å²) in [5.41, 5.74) is 0. The zero-order valence-corrected chi connectivity index (χ0v) is 34.4. The number of quaternary nitrogens is 1. The normalized spacial score (nSPS) is 14.3. The third-order valence-electron chi connectivity index (χ3n) is 8.12. The number of ether oxygens (including phenoxy) is 2. The number of phosphoric ester groups is 1. The minimum atomic E-state index is -4.63. The second-order valence-corrected chi connectivity index (χ2v) is 15.8. The maximum absolute atomic E-state index is 12.6. The molecule has 0 aromatic rings. The molecular formula is C42H74NO8P. The van der Waals surface area contributed by atoms with Gasteiger partial charge in [-0.3, -0.25) is 14.2 Å². The molecule has 0 aromatic carbocycles. The number of nitrogens with zero attached hydrogens (tertiary/aromatic N) is 1. The van der Waals surface area contributed by atoms with Crippen LogP contribution in [0.25, 0.3) is 0 Å². The van der Waals surface area contributed by atoms with Gasteiger partial charge in [-0.2, -0.15) is 0 Å². The number of likely N-dealkylation sites (N-methyl/N-ethyl adjacent to an activating group) is 1. The summed E-state index contributed by atoms with van der Waals surface area (Å²) in [6.45, 7) is 4.01. The zero-order valence-electron chi connectivity index (χ0n) is 33.5. The average Bonchev–Trinajstić information content (AvgIpc) is 3.09. The number of phosphoric acid groups is 1. The van der Waals surface area contributed by atoms with Gasteiger partial charge in [-0.25, -0.2) is 0 Å². The van der Waals surface area contributed by atoms with E-state index in [1.54, 1.807) is 0 Å². The molecule has 0 amide bonds. The van der Waals surface area contributed by atoms with Gasteiger partial charge in [0.15, 0.2) is 6.10 Å². The SMILES string of the molecule is CC/C=C/C=C/C=C/C=C/CCCCCCCC(=O)O[C@H](COC(=O)CCCCCCC/C=C/CCCCCC)COP(=O)([O-])OCC[N+](C)(C)C. The van der Waals surface area contributed by atoms with E-state index in [9.17, 15) is 19.0 Å². The summed E-state index contributed by atoms with van der Waals surface area (Å²) in [7, 11) is 1.13. The first kappa shape index (κ1) is 49.7. The molecule has 0 rings (SSSR count). The maximum Gasteiger partial charge on any atom is 0.306 e. The lowest BCUT2D eigenvalue weighted by Crippen LogP contribution is -2.37. The number of hydrogen-bond donors (Lipinski definition) is 0. The largest absolute Gasteiger partial charge is 0.756 e. The van der Waals surface area contributed by atoms with Crippen LogP contribution in [0.5, 0.6) is 0 Å². The fraction of sp³-hybridized carbons (Fsp3) is 0.714. The number of allylic oxidation sites excluding steroid dienone is 10. The number of hydrogen-bond acceptors (Lipinski definition) is 8. The molecule has 0 heterocycles. The van der Waals surface area contributed by atoms with E-state index in [0.29, 0.717) is 23.9 Å². The maximum atomic E-state index is 12.6. The van der Waals surface area contributed by atoms with Crippen molar-refractivity contribution in [3.05, 3.63) is 60.8 Å². The molecule has 0 N–H and O–H groups in total. The molecule has 10 heteroatoms. The van der Waals surface area contributed by atoms with E-state index in [2.05, 4.69) is 44.2 Å². The second kappa shape index (κ2) is 34.5. The molecule has 0 radical (unpaired) electrons. The Labute approximate surface area is 317 Å². The zero-order chi connectivity index (χ0) is 38.6. The monoisotopic (exact) mass is 752 g/mol. The minimum absolute atomic E-state index is 0.0400. The van der Waals surface area contributed by atoms with Crippen LogP contribution in [-0.4, -0.2) is 70.0 Å². The van der Waals surface area contributed by atoms with Crippen LogP contribution in [0.3, 0.4) is 0 Å². The van der Waals surface area contributed by atoms with Crippen LogP contribution in [-0.2, 0) is 32.7 Å². The molecule has 0 aliphatic rings. The van der Waals surface area contributed by atoms with Gasteiger partial charge < -0.3 is 27.9 Å². The second-order valence-electron chi connectivity index (χ2n) is 14.4. The topological polar surface area (TPSA) is 111 Å². The van der Waals surface area contributed by atoms with Crippen LogP contribution >= 0.6 is 7.82 Å². The van der Waals surface area contributed by atoms with E-state index in [1.165, 1.54) is 32.1 Å². The Bertz CT molecular complexity index is 1080. The van der Waals surface area contributed by atoms with Crippen LogP contribution in [0, 0.1) is 0 Å². The smallest absolute Gasteiger partial charge is 0.306 e. The van der Waals surface area contributed by atoms with E-state index in [0.717, 1.165) is 70.6 Å². The molecule has 0 fully saturated rings. The van der Waals surface area contributed by atoms with Gasteiger partial charge in [-0.15, -0.1) is 0 Å². The van der Waals surface area contributed by atoms with Gasteiger partial charge in [0.1, 0.15) is 19.8 Å². The molecule has 52 heavy (non-hydrogen) atoms. The molecule has 300 valence electrons. The minimum Gasteiger partial charge on any atom is -0.756 e. The standard InChI is InChI=1S/C42H74NO8P/c1-6-8-10-12-14-16-18-20-21-23-25-27-29-31-33-35-42(45)51-40(39-50-52(46,47)49-37-36-43(3,4)5)38-48-41(44)34-32-30-28-26-24-22-19-17-15-13-11-9-7-2/h8,10,12,14,16-21,40H,6-7,9,11,13,15,22-39H2,1-5H3/b10-8+,14-12+,18-16+,19-17+,21-20+/t40-/m1/s1. The van der Waals surface area contributed by atoms with Crippen molar-refractivity contribution in [2.24, 2.45) is 0 Å². The van der Waals surface area contributed by atoms with Gasteiger partial charge in [0.05, 0.1) is 27.7 Å². The summed E-state index contributed by atoms with van der Waals surface area (Å²) in [4.78, 5) is 37.4. The van der Waals surface area contributed by atoms with Crippen LogP contribution in [0.1, 0.15) is 142 Å². The van der Waals surface area contributed by atoms with Crippen molar-refractivity contribution in [1.29, 1.82) is 0 Å². The van der Waals surface area contributed by atoms with Gasteiger partial charge in [0.2, 0.25) is 0 Å². The van der Waals surface area contributed by atoms with Crippen LogP contribution in [0.15, 0.2) is 60.8 Å². The van der Waals surface area contributed by atoms with Crippen molar-refractivity contribution in [3.63, 3.8) is 0 Å². The predicted octanol–water partition coefficient (Wildman–Crippen LogP) is 10.3. The van der Waals surface area contributed by atoms with Crippen LogP contribution < -0.4 is 4.89 Å². The number of unbranched alkanes of at least 4 members (excludes halogenated alkanes) is 14. The Hall–Kier alpha value is -2.29. The molecule has 9 nitrogen and oxygen atoms in total. The summed E-state index contributed by atoms with van der Waals surface area (Å²) in [6.07, 6.45) is 39.6. The highest BCUT2D eigenvalue weighted by atomic mass is 31.2. The summed E-state index contributed by atoms with van der Waals surface area (Å²) in [5, 5.41) is 0. The van der Waals surface area contributed by atoms with Crippen molar-refractivity contribution in [1.82, 2.24) is 0 Å². The summed E-state index contributed by atoms with van der Waals surface area (Å²) < 4.78 is 33.8. The van der Waals surface area contributed by atoms with Crippen molar-refractivity contribution >= 4 is 19.8 Å². The first-order valence-corrected chi connectivity index (χ1v) is 21.5. The lowest BCUT2D eigenvalue weighted by molar-refractivity contribution is -0.870. The molecule has 0 aliphatic heterocycles. The Kier molecular flexibility index (Phi) is 33.0. The third-order valence-corrected chi connectivity index (χ3v) is 9.08. The molecule has 1 unspecified atom stereocenters. The van der Waals surface area contributed by atoms with E-state index in [1.807, 2.05) is 51.5 Å². The summed E-state index contributed by atoms with van der Waals surface area (Å²) >= 11 is 0. The number of carbonyl (C=O) groups is 2. The lowest BCUT2D eigenvalue weighted by atomic mass is 10.1. The van der Waals surface area contributed by atoms with Crippen molar-refractivity contribution in [2.75, 3.05) is 47.5 Å². The van der Waals surface area contributed by atoms with Gasteiger partial charge in [-0.05, 0) is 57.8 Å².